The Balaban J connectivity index is 1.19. The summed E-state index contributed by atoms with van der Waals surface area (Å²) in [6.07, 6.45) is 0. The lowest BCUT2D eigenvalue weighted by molar-refractivity contribution is 0.437. The molecule has 0 fully saturated rings. The Kier molecular flexibility index (Phi) is 6.75. The van der Waals surface area contributed by atoms with Crippen LogP contribution in [0.5, 0.6) is 11.5 Å². The van der Waals surface area contributed by atoms with Crippen LogP contribution in [-0.2, 0) is 5.41 Å². The lowest BCUT2D eigenvalue weighted by atomic mass is 9.65. The minimum atomic E-state index is -0.620. The van der Waals surface area contributed by atoms with Gasteiger partial charge in [0.15, 0.2) is 0 Å². The van der Waals surface area contributed by atoms with Crippen LogP contribution < -0.4 is 9.64 Å². The first kappa shape index (κ1) is 31.4. The number of fused-ring (bicyclic) bond motifs is 14. The Morgan fingerprint density at radius 2 is 1.04 bits per heavy atom. The van der Waals surface area contributed by atoms with E-state index in [1.165, 1.54) is 64.3 Å². The molecule has 1 aliphatic heterocycles. The summed E-state index contributed by atoms with van der Waals surface area (Å²) in [6, 6.07) is 73.3. The second kappa shape index (κ2) is 12.0. The van der Waals surface area contributed by atoms with E-state index in [1.807, 2.05) is 11.3 Å². The minimum absolute atomic E-state index is 0.620. The number of benzene rings is 9. The molecule has 0 radical (unpaired) electrons. The molecule has 262 valence electrons. The predicted octanol–water partition coefficient (Wildman–Crippen LogP) is 14.8. The summed E-state index contributed by atoms with van der Waals surface area (Å²) in [4.78, 5) is 2.47. The van der Waals surface area contributed by atoms with E-state index in [9.17, 15) is 0 Å². The van der Waals surface area contributed by atoms with Gasteiger partial charge in [-0.2, -0.15) is 0 Å². The van der Waals surface area contributed by atoms with E-state index in [-0.39, 0.29) is 0 Å². The second-order valence-corrected chi connectivity index (χ2v) is 15.9. The highest BCUT2D eigenvalue weighted by atomic mass is 32.1. The van der Waals surface area contributed by atoms with Crippen molar-refractivity contribution >= 4 is 59.3 Å². The van der Waals surface area contributed by atoms with Crippen molar-refractivity contribution < 1.29 is 4.74 Å². The van der Waals surface area contributed by atoms with Gasteiger partial charge in [0.2, 0.25) is 0 Å². The maximum absolute atomic E-state index is 6.75. The number of hydrogen-bond acceptors (Lipinski definition) is 3. The molecule has 1 aromatic heterocycles. The zero-order chi connectivity index (χ0) is 36.8. The maximum Gasteiger partial charge on any atom is 0.132 e. The van der Waals surface area contributed by atoms with Crippen LogP contribution in [0, 0.1) is 0 Å². The SMILES string of the molecule is c1ccc(-c2ccccc2N(c2ccc3c(c2)C2(c4ccccc4Oc4ccccc42)c2c-3ccc3ccccc23)c2ccc3sc4ccccc4c3c2)cc1. The summed E-state index contributed by atoms with van der Waals surface area (Å²) in [5.41, 5.74) is 12.5. The molecular weight excluding hydrogens is 699 g/mol. The van der Waals surface area contributed by atoms with Crippen molar-refractivity contribution in [3.05, 3.63) is 222 Å². The average molecular weight is 732 g/mol. The molecule has 12 rings (SSSR count). The molecule has 9 aromatic carbocycles. The molecule has 2 aliphatic rings. The van der Waals surface area contributed by atoms with Gasteiger partial charge in [-0.1, -0.05) is 146 Å². The molecule has 0 saturated heterocycles. The molecule has 0 N–H and O–H groups in total. The number of thiophene rings is 1. The topological polar surface area (TPSA) is 12.5 Å². The van der Waals surface area contributed by atoms with Gasteiger partial charge in [-0.15, -0.1) is 11.3 Å². The molecule has 1 aliphatic carbocycles. The monoisotopic (exact) mass is 731 g/mol. The van der Waals surface area contributed by atoms with Crippen LogP contribution in [0.3, 0.4) is 0 Å². The Morgan fingerprint density at radius 1 is 0.411 bits per heavy atom. The fourth-order valence-electron chi connectivity index (χ4n) is 9.62. The number of hydrogen-bond donors (Lipinski definition) is 0. The smallest absolute Gasteiger partial charge is 0.132 e. The lowest BCUT2D eigenvalue weighted by Crippen LogP contribution is -2.32. The molecule has 10 aromatic rings. The van der Waals surface area contributed by atoms with E-state index in [0.29, 0.717) is 0 Å². The summed E-state index contributed by atoms with van der Waals surface area (Å²) < 4.78 is 9.34. The van der Waals surface area contributed by atoms with Crippen molar-refractivity contribution in [2.24, 2.45) is 0 Å². The normalized spacial score (nSPS) is 13.3. The number of para-hydroxylation sites is 3. The quantitative estimate of drug-likeness (QED) is 0.179. The van der Waals surface area contributed by atoms with Crippen LogP contribution in [0.4, 0.5) is 17.1 Å². The Morgan fingerprint density at radius 3 is 1.88 bits per heavy atom. The highest BCUT2D eigenvalue weighted by Gasteiger charge is 2.52. The number of anilines is 3. The maximum atomic E-state index is 6.75. The highest BCUT2D eigenvalue weighted by Crippen LogP contribution is 2.64. The third-order valence-electron chi connectivity index (χ3n) is 11.9. The fraction of sp³-hybridized carbons (Fsp3) is 0.0189. The van der Waals surface area contributed by atoms with E-state index in [4.69, 9.17) is 4.74 Å². The summed E-state index contributed by atoms with van der Waals surface area (Å²) >= 11 is 1.86. The van der Waals surface area contributed by atoms with E-state index < -0.39 is 5.41 Å². The first-order chi connectivity index (χ1) is 27.8. The van der Waals surface area contributed by atoms with Crippen LogP contribution in [0.25, 0.3) is 53.2 Å². The van der Waals surface area contributed by atoms with E-state index >= 15 is 0 Å². The Hall–Kier alpha value is -6.94. The zero-order valence-electron chi connectivity index (χ0n) is 30.3. The van der Waals surface area contributed by atoms with Crippen LogP contribution in [0.15, 0.2) is 200 Å². The first-order valence-electron chi connectivity index (χ1n) is 19.2. The number of ether oxygens (including phenoxy) is 1. The van der Waals surface area contributed by atoms with Crippen LogP contribution >= 0.6 is 11.3 Å². The van der Waals surface area contributed by atoms with Gasteiger partial charge in [-0.3, -0.25) is 0 Å². The number of rotatable bonds is 4. The molecule has 2 heterocycles. The first-order valence-corrected chi connectivity index (χ1v) is 20.0. The van der Waals surface area contributed by atoms with E-state index in [2.05, 4.69) is 205 Å². The minimum Gasteiger partial charge on any atom is -0.457 e. The van der Waals surface area contributed by atoms with Crippen molar-refractivity contribution in [1.82, 2.24) is 0 Å². The van der Waals surface area contributed by atoms with Crippen LogP contribution in [0.1, 0.15) is 22.3 Å². The van der Waals surface area contributed by atoms with Gasteiger partial charge in [0, 0.05) is 48.2 Å². The van der Waals surface area contributed by atoms with E-state index in [0.717, 1.165) is 39.7 Å². The summed E-state index contributed by atoms with van der Waals surface area (Å²) in [7, 11) is 0. The molecule has 2 nitrogen and oxygen atoms in total. The zero-order valence-corrected chi connectivity index (χ0v) is 31.1. The van der Waals surface area contributed by atoms with Gasteiger partial charge >= 0.3 is 0 Å². The molecule has 0 amide bonds. The van der Waals surface area contributed by atoms with Gasteiger partial charge in [-0.05, 0) is 93.2 Å². The van der Waals surface area contributed by atoms with Gasteiger partial charge in [0.1, 0.15) is 11.5 Å². The lowest BCUT2D eigenvalue weighted by Gasteiger charge is -2.40. The summed E-state index contributed by atoms with van der Waals surface area (Å²) in [5, 5.41) is 5.05. The standard InChI is InChI=1S/C53H33NOS/c1-2-14-34(15-3-1)38-17-6-10-22-47(38)54(36-28-31-51-43(32-36)41-19-7-13-25-50(41)56-51)37-27-30-40-42-29-26-35-16-4-5-18-39(35)52(42)53(46(40)33-37)44-20-8-11-23-48(44)55-49-24-12-9-21-45(49)53/h1-33H. The third-order valence-corrected chi connectivity index (χ3v) is 13.1. The largest absolute Gasteiger partial charge is 0.457 e. The molecule has 3 heteroatoms. The van der Waals surface area contributed by atoms with Crippen molar-refractivity contribution in [2.75, 3.05) is 4.90 Å². The van der Waals surface area contributed by atoms with Crippen molar-refractivity contribution in [2.45, 2.75) is 5.41 Å². The summed E-state index contributed by atoms with van der Waals surface area (Å²) in [5.74, 6) is 1.79. The van der Waals surface area contributed by atoms with Gasteiger partial charge < -0.3 is 9.64 Å². The van der Waals surface area contributed by atoms with E-state index in [1.54, 1.807) is 0 Å². The van der Waals surface area contributed by atoms with Gasteiger partial charge in [0.05, 0.1) is 11.1 Å². The second-order valence-electron chi connectivity index (χ2n) is 14.8. The number of nitrogens with zero attached hydrogens (tertiary/aromatic N) is 1. The molecule has 0 saturated carbocycles. The average Bonchev–Trinajstić information content (AvgIpc) is 3.78. The molecular formula is C53H33NOS. The Bertz CT molecular complexity index is 3150. The molecule has 0 bridgehead atoms. The molecule has 0 atom stereocenters. The third kappa shape index (κ3) is 4.38. The highest BCUT2D eigenvalue weighted by molar-refractivity contribution is 7.25. The molecule has 0 unspecified atom stereocenters. The van der Waals surface area contributed by atoms with Gasteiger partial charge in [-0.25, -0.2) is 0 Å². The fourth-order valence-corrected chi connectivity index (χ4v) is 10.7. The Labute approximate surface area is 329 Å². The van der Waals surface area contributed by atoms with Crippen molar-refractivity contribution in [1.29, 1.82) is 0 Å². The van der Waals surface area contributed by atoms with Crippen LogP contribution in [0.2, 0.25) is 0 Å². The van der Waals surface area contributed by atoms with Gasteiger partial charge in [0.25, 0.3) is 0 Å². The summed E-state index contributed by atoms with van der Waals surface area (Å²) in [6.45, 7) is 0. The van der Waals surface area contributed by atoms with Crippen molar-refractivity contribution in [3.8, 4) is 33.8 Å². The molecule has 56 heavy (non-hydrogen) atoms. The predicted molar refractivity (Wildman–Crippen MR) is 234 cm³/mol. The van der Waals surface area contributed by atoms with Crippen LogP contribution in [-0.4, -0.2) is 0 Å². The van der Waals surface area contributed by atoms with Crippen molar-refractivity contribution in [3.63, 3.8) is 0 Å². The molecule has 1 spiro atoms.